The number of hydrogen-bond acceptors (Lipinski definition) is 4. The van der Waals surface area contributed by atoms with Crippen LogP contribution >= 0.6 is 12.4 Å². The molecule has 0 aliphatic heterocycles. The van der Waals surface area contributed by atoms with Crippen molar-refractivity contribution in [3.63, 3.8) is 0 Å². The molecule has 1 aromatic heterocycles. The van der Waals surface area contributed by atoms with Crippen molar-refractivity contribution in [1.82, 2.24) is 15.0 Å². The van der Waals surface area contributed by atoms with Crippen molar-refractivity contribution >= 4 is 18.2 Å². The van der Waals surface area contributed by atoms with E-state index in [9.17, 15) is 18.0 Å². The number of Topliss-reactive ketones (excluding diaryl/α,β-unsaturated/α-hetero) is 1. The predicted molar refractivity (Wildman–Crippen MR) is 42.1 cm³/mol. The van der Waals surface area contributed by atoms with Gasteiger partial charge in [0.2, 0.25) is 5.78 Å². The number of carbonyl (C=O) groups excluding carboxylic acids is 1. The zero-order valence-corrected chi connectivity index (χ0v) is 7.47. The normalized spacial score (nSPS) is 10.5. The predicted octanol–water partition coefficient (Wildman–Crippen LogP) is 1.43. The zero-order chi connectivity index (χ0) is 9.90. The van der Waals surface area contributed by atoms with Crippen molar-refractivity contribution in [2.75, 3.05) is 0 Å². The maximum atomic E-state index is 11.7. The maximum Gasteiger partial charge on any atom is 0.396 e. The van der Waals surface area contributed by atoms with Gasteiger partial charge >= 0.3 is 6.18 Å². The fraction of sp³-hybridized carbons (Fsp3) is 0.333. The van der Waals surface area contributed by atoms with Gasteiger partial charge in [-0.2, -0.15) is 13.2 Å². The van der Waals surface area contributed by atoms with Gasteiger partial charge in [0.05, 0.1) is 0 Å². The quantitative estimate of drug-likeness (QED) is 0.717. The molecule has 0 saturated heterocycles. The minimum absolute atomic E-state index is 0. The Kier molecular flexibility index (Phi) is 4.42. The maximum absolute atomic E-state index is 11.7. The molecule has 1 rings (SSSR count). The van der Waals surface area contributed by atoms with E-state index in [0.717, 1.165) is 12.7 Å². The second-order valence-electron chi connectivity index (χ2n) is 2.18. The number of halogens is 4. The number of carbonyl (C=O) groups is 1. The lowest BCUT2D eigenvalue weighted by Crippen LogP contribution is -2.17. The molecule has 1 aromatic rings. The summed E-state index contributed by atoms with van der Waals surface area (Å²) >= 11 is 0. The lowest BCUT2D eigenvalue weighted by molar-refractivity contribution is -0.125. The first-order chi connectivity index (χ1) is 5.99. The van der Waals surface area contributed by atoms with Crippen molar-refractivity contribution in [2.45, 2.75) is 12.6 Å². The Hall–Kier alpha value is -1.24. The van der Waals surface area contributed by atoms with Crippen LogP contribution in [0, 0.1) is 0 Å². The molecular weight excluding hydrogens is 223 g/mol. The van der Waals surface area contributed by atoms with E-state index in [1.54, 1.807) is 0 Å². The van der Waals surface area contributed by atoms with Crippen LogP contribution in [0.5, 0.6) is 0 Å². The van der Waals surface area contributed by atoms with Crippen molar-refractivity contribution < 1.29 is 18.0 Å². The fourth-order valence-electron chi connectivity index (χ4n) is 0.644. The van der Waals surface area contributed by atoms with Crippen LogP contribution in [-0.2, 0) is 0 Å². The monoisotopic (exact) mass is 227 g/mol. The summed E-state index contributed by atoms with van der Waals surface area (Å²) < 4.78 is 35.1. The van der Waals surface area contributed by atoms with Gasteiger partial charge in [0.15, 0.2) is 5.82 Å². The van der Waals surface area contributed by atoms with E-state index in [-0.39, 0.29) is 12.4 Å². The number of alkyl halides is 3. The van der Waals surface area contributed by atoms with Crippen molar-refractivity contribution in [3.8, 4) is 0 Å². The summed E-state index contributed by atoms with van der Waals surface area (Å²) in [5.41, 5.74) is 0. The molecule has 0 atom stereocenters. The van der Waals surface area contributed by atoms with Gasteiger partial charge < -0.3 is 0 Å². The molecule has 0 amide bonds. The number of nitrogens with zero attached hydrogens (tertiary/aromatic N) is 3. The molecular formula is C6H5ClF3N3O. The largest absolute Gasteiger partial charge is 0.396 e. The third-order valence-electron chi connectivity index (χ3n) is 1.10. The lowest BCUT2D eigenvalue weighted by atomic mass is 10.2. The molecule has 0 bridgehead atoms. The van der Waals surface area contributed by atoms with E-state index in [4.69, 9.17) is 0 Å². The summed E-state index contributed by atoms with van der Waals surface area (Å²) in [6.07, 6.45) is -4.13. The van der Waals surface area contributed by atoms with Crippen molar-refractivity contribution in [1.29, 1.82) is 0 Å². The number of aromatic nitrogens is 3. The van der Waals surface area contributed by atoms with Crippen LogP contribution in [0.4, 0.5) is 13.2 Å². The Labute approximate surface area is 83.0 Å². The number of ketones is 1. The van der Waals surface area contributed by atoms with Crippen LogP contribution in [0.1, 0.15) is 17.0 Å². The van der Waals surface area contributed by atoms with Crippen LogP contribution in [0.2, 0.25) is 0 Å². The SMILES string of the molecule is Cl.O=C(CC(F)(F)F)c1ncncn1. The molecule has 0 fully saturated rings. The van der Waals surface area contributed by atoms with Crippen molar-refractivity contribution in [3.05, 3.63) is 18.5 Å². The van der Waals surface area contributed by atoms with E-state index >= 15 is 0 Å². The van der Waals surface area contributed by atoms with Crippen molar-refractivity contribution in [2.24, 2.45) is 0 Å². The van der Waals surface area contributed by atoms with E-state index in [2.05, 4.69) is 15.0 Å². The van der Waals surface area contributed by atoms with Gasteiger partial charge in [-0.3, -0.25) is 4.79 Å². The fourth-order valence-corrected chi connectivity index (χ4v) is 0.644. The van der Waals surface area contributed by atoms with Crippen LogP contribution in [0.3, 0.4) is 0 Å². The van der Waals surface area contributed by atoms with Gasteiger partial charge in [-0.25, -0.2) is 15.0 Å². The van der Waals surface area contributed by atoms with Crippen LogP contribution in [-0.4, -0.2) is 26.9 Å². The Morgan fingerprint density at radius 1 is 1.29 bits per heavy atom. The Morgan fingerprint density at radius 2 is 1.79 bits per heavy atom. The second kappa shape index (κ2) is 4.85. The molecule has 0 aromatic carbocycles. The smallest absolute Gasteiger partial charge is 0.290 e. The van der Waals surface area contributed by atoms with Gasteiger partial charge in [0.25, 0.3) is 0 Å². The molecule has 78 valence electrons. The Morgan fingerprint density at radius 3 is 2.21 bits per heavy atom. The van der Waals surface area contributed by atoms with Gasteiger partial charge in [-0.1, -0.05) is 0 Å². The first-order valence-corrected chi connectivity index (χ1v) is 3.21. The molecule has 0 unspecified atom stereocenters. The highest BCUT2D eigenvalue weighted by Crippen LogP contribution is 2.20. The highest BCUT2D eigenvalue weighted by Gasteiger charge is 2.32. The third-order valence-corrected chi connectivity index (χ3v) is 1.10. The first-order valence-electron chi connectivity index (χ1n) is 3.21. The standard InChI is InChI=1S/C6H4F3N3O.ClH/c7-6(8,9)1-4(13)5-11-2-10-3-12-5;/h2-3H,1H2;1H. The molecule has 8 heteroatoms. The minimum atomic E-state index is -4.52. The van der Waals surface area contributed by atoms with E-state index in [0.29, 0.717) is 0 Å². The molecule has 14 heavy (non-hydrogen) atoms. The molecule has 0 spiro atoms. The molecule has 0 saturated carbocycles. The molecule has 0 aliphatic rings. The summed E-state index contributed by atoms with van der Waals surface area (Å²) in [4.78, 5) is 20.7. The zero-order valence-electron chi connectivity index (χ0n) is 6.65. The topological polar surface area (TPSA) is 55.7 Å². The minimum Gasteiger partial charge on any atom is -0.290 e. The summed E-state index contributed by atoms with van der Waals surface area (Å²) in [6.45, 7) is 0. The molecule has 4 nitrogen and oxygen atoms in total. The average Bonchev–Trinajstić information content (AvgIpc) is 2.03. The summed E-state index contributed by atoms with van der Waals surface area (Å²) in [7, 11) is 0. The highest BCUT2D eigenvalue weighted by molar-refractivity contribution is 5.92. The molecule has 0 radical (unpaired) electrons. The summed E-state index contributed by atoms with van der Waals surface area (Å²) in [5, 5.41) is 0. The second-order valence-corrected chi connectivity index (χ2v) is 2.18. The van der Waals surface area contributed by atoms with Gasteiger partial charge in [-0.15, -0.1) is 12.4 Å². The molecule has 0 aliphatic carbocycles. The van der Waals surface area contributed by atoms with Crippen LogP contribution in [0.15, 0.2) is 12.7 Å². The van der Waals surface area contributed by atoms with Crippen LogP contribution in [0.25, 0.3) is 0 Å². The number of rotatable bonds is 2. The van der Waals surface area contributed by atoms with Gasteiger partial charge in [0, 0.05) is 0 Å². The Balaban J connectivity index is 0.00000169. The van der Waals surface area contributed by atoms with Gasteiger partial charge in [0.1, 0.15) is 19.1 Å². The average molecular weight is 228 g/mol. The third kappa shape index (κ3) is 4.13. The summed E-state index contributed by atoms with van der Waals surface area (Å²) in [6, 6.07) is 0. The first kappa shape index (κ1) is 12.8. The van der Waals surface area contributed by atoms with E-state index in [1.807, 2.05) is 0 Å². The molecule has 0 N–H and O–H groups in total. The Bertz CT molecular complexity index is 303. The summed E-state index contributed by atoms with van der Waals surface area (Å²) in [5.74, 6) is -1.62. The molecule has 1 heterocycles. The van der Waals surface area contributed by atoms with Gasteiger partial charge in [-0.05, 0) is 0 Å². The number of hydrogen-bond donors (Lipinski definition) is 0. The highest BCUT2D eigenvalue weighted by atomic mass is 35.5. The van der Waals surface area contributed by atoms with E-state index in [1.165, 1.54) is 0 Å². The van der Waals surface area contributed by atoms with Crippen LogP contribution < -0.4 is 0 Å². The van der Waals surface area contributed by atoms with E-state index < -0.39 is 24.2 Å². The lowest BCUT2D eigenvalue weighted by Gasteiger charge is -2.02.